The Morgan fingerprint density at radius 3 is 2.27 bits per heavy atom. The Bertz CT molecular complexity index is 712. The summed E-state index contributed by atoms with van der Waals surface area (Å²) in [6.45, 7) is 6.81. The van der Waals surface area contributed by atoms with Crippen LogP contribution in [0.3, 0.4) is 0 Å². The van der Waals surface area contributed by atoms with Gasteiger partial charge in [0.15, 0.2) is 6.10 Å². The third kappa shape index (κ3) is 5.69. The van der Waals surface area contributed by atoms with E-state index < -0.39 is 6.10 Å². The summed E-state index contributed by atoms with van der Waals surface area (Å²) in [4.78, 5) is 12.3. The van der Waals surface area contributed by atoms with Crippen molar-refractivity contribution >= 4 is 5.91 Å². The molecule has 5 heteroatoms. The monoisotopic (exact) mass is 357 g/mol. The fraction of sp³-hybridized carbons (Fsp3) is 0.381. The maximum Gasteiger partial charge on any atom is 0.261 e. The number of methoxy groups -OCH3 is 1. The minimum absolute atomic E-state index is 0.135. The Labute approximate surface area is 155 Å². The van der Waals surface area contributed by atoms with E-state index in [9.17, 15) is 4.79 Å². The summed E-state index contributed by atoms with van der Waals surface area (Å²) in [5.41, 5.74) is 2.34. The molecule has 0 heterocycles. The lowest BCUT2D eigenvalue weighted by Crippen LogP contribution is -2.39. The van der Waals surface area contributed by atoms with E-state index in [1.165, 1.54) is 5.56 Å². The molecule has 0 aliphatic rings. The van der Waals surface area contributed by atoms with Crippen LogP contribution in [-0.4, -0.2) is 32.3 Å². The molecule has 0 aliphatic heterocycles. The van der Waals surface area contributed by atoms with Gasteiger partial charge in [0.25, 0.3) is 5.91 Å². The number of ether oxygens (including phenoxy) is 3. The molecule has 1 atom stereocenters. The molecule has 2 rings (SSSR count). The van der Waals surface area contributed by atoms with Crippen LogP contribution in [0.25, 0.3) is 0 Å². The average molecular weight is 357 g/mol. The Balaban J connectivity index is 1.78. The van der Waals surface area contributed by atoms with Crippen LogP contribution in [-0.2, 0) is 4.79 Å². The second-order valence-electron chi connectivity index (χ2n) is 6.08. The van der Waals surface area contributed by atoms with Crippen molar-refractivity contribution in [1.29, 1.82) is 0 Å². The van der Waals surface area contributed by atoms with Crippen LogP contribution in [0, 0.1) is 13.8 Å². The predicted octanol–water partition coefficient (Wildman–Crippen LogP) is 3.66. The smallest absolute Gasteiger partial charge is 0.261 e. The van der Waals surface area contributed by atoms with Crippen molar-refractivity contribution in [2.24, 2.45) is 0 Å². The third-order valence-electron chi connectivity index (χ3n) is 4.15. The molecule has 0 spiro atoms. The first-order valence-corrected chi connectivity index (χ1v) is 8.82. The van der Waals surface area contributed by atoms with Gasteiger partial charge in [-0.25, -0.2) is 0 Å². The summed E-state index contributed by atoms with van der Waals surface area (Å²) in [6.07, 6.45) is 0.0797. The lowest BCUT2D eigenvalue weighted by Gasteiger charge is -2.18. The van der Waals surface area contributed by atoms with Gasteiger partial charge in [-0.05, 0) is 67.8 Å². The summed E-state index contributed by atoms with van der Waals surface area (Å²) < 4.78 is 16.5. The molecule has 140 valence electrons. The molecule has 0 bridgehead atoms. The van der Waals surface area contributed by atoms with Crippen LogP contribution < -0.4 is 19.5 Å². The minimum Gasteiger partial charge on any atom is -0.497 e. The van der Waals surface area contributed by atoms with E-state index in [4.69, 9.17) is 14.2 Å². The van der Waals surface area contributed by atoms with Gasteiger partial charge in [-0.3, -0.25) is 4.79 Å². The van der Waals surface area contributed by atoms with Crippen LogP contribution in [0.5, 0.6) is 17.2 Å². The summed E-state index contributed by atoms with van der Waals surface area (Å²) in [6, 6.07) is 13.2. The standard InChI is InChI=1S/C21H27NO4/c1-5-20(26-19-7-6-15(2)16(3)14-19)21(23)22-12-13-25-18-10-8-17(24-4)9-11-18/h6-11,14,20H,5,12-13H2,1-4H3,(H,22,23)/t20-/m1/s1. The molecule has 0 radical (unpaired) electrons. The first kappa shape index (κ1) is 19.6. The Hall–Kier alpha value is -2.69. The molecule has 2 aromatic carbocycles. The maximum absolute atomic E-state index is 12.3. The van der Waals surface area contributed by atoms with Crippen molar-refractivity contribution in [1.82, 2.24) is 5.32 Å². The molecular weight excluding hydrogens is 330 g/mol. The fourth-order valence-electron chi connectivity index (χ4n) is 2.40. The van der Waals surface area contributed by atoms with Crippen LogP contribution in [0.1, 0.15) is 24.5 Å². The topological polar surface area (TPSA) is 56.8 Å². The number of aryl methyl sites for hydroxylation is 2. The van der Waals surface area contributed by atoms with Crippen molar-refractivity contribution in [2.75, 3.05) is 20.3 Å². The van der Waals surface area contributed by atoms with Crippen LogP contribution in [0.15, 0.2) is 42.5 Å². The number of rotatable bonds is 9. The highest BCUT2D eigenvalue weighted by atomic mass is 16.5. The van der Waals surface area contributed by atoms with Gasteiger partial charge < -0.3 is 19.5 Å². The normalized spacial score (nSPS) is 11.5. The molecule has 1 N–H and O–H groups in total. The van der Waals surface area contributed by atoms with E-state index in [2.05, 4.69) is 5.32 Å². The first-order chi connectivity index (χ1) is 12.5. The summed E-state index contributed by atoms with van der Waals surface area (Å²) >= 11 is 0. The van der Waals surface area contributed by atoms with Crippen molar-refractivity contribution in [3.05, 3.63) is 53.6 Å². The average Bonchev–Trinajstić information content (AvgIpc) is 2.66. The Kier molecular flexibility index (Phi) is 7.33. The van der Waals surface area contributed by atoms with Crippen molar-refractivity contribution < 1.29 is 19.0 Å². The van der Waals surface area contributed by atoms with Gasteiger partial charge in [0.1, 0.15) is 23.9 Å². The predicted molar refractivity (Wildman–Crippen MR) is 102 cm³/mol. The lowest BCUT2D eigenvalue weighted by molar-refractivity contribution is -0.128. The number of hydrogen-bond donors (Lipinski definition) is 1. The lowest BCUT2D eigenvalue weighted by atomic mass is 10.1. The molecule has 1 amide bonds. The molecular formula is C21H27NO4. The number of carbonyl (C=O) groups is 1. The molecule has 0 aliphatic carbocycles. The summed E-state index contributed by atoms with van der Waals surface area (Å²) in [5, 5.41) is 2.86. The van der Waals surface area contributed by atoms with E-state index >= 15 is 0 Å². The molecule has 5 nitrogen and oxygen atoms in total. The fourth-order valence-corrected chi connectivity index (χ4v) is 2.40. The van der Waals surface area contributed by atoms with Gasteiger partial charge in [-0.1, -0.05) is 13.0 Å². The van der Waals surface area contributed by atoms with Crippen LogP contribution >= 0.6 is 0 Å². The van der Waals surface area contributed by atoms with Crippen molar-refractivity contribution in [2.45, 2.75) is 33.3 Å². The van der Waals surface area contributed by atoms with E-state index in [1.54, 1.807) is 7.11 Å². The molecule has 2 aromatic rings. The summed E-state index contributed by atoms with van der Waals surface area (Å²) in [7, 11) is 1.62. The molecule has 0 unspecified atom stereocenters. The highest BCUT2D eigenvalue weighted by molar-refractivity contribution is 5.81. The second-order valence-corrected chi connectivity index (χ2v) is 6.08. The third-order valence-corrected chi connectivity index (χ3v) is 4.15. The molecule has 0 saturated heterocycles. The molecule has 0 saturated carbocycles. The van der Waals surface area contributed by atoms with Crippen LogP contribution in [0.2, 0.25) is 0 Å². The zero-order chi connectivity index (χ0) is 18.9. The van der Waals surface area contributed by atoms with Gasteiger partial charge in [-0.15, -0.1) is 0 Å². The number of hydrogen-bond acceptors (Lipinski definition) is 4. The highest BCUT2D eigenvalue weighted by Gasteiger charge is 2.18. The largest absolute Gasteiger partial charge is 0.497 e. The van der Waals surface area contributed by atoms with E-state index in [0.29, 0.717) is 25.3 Å². The number of carbonyl (C=O) groups excluding carboxylic acids is 1. The van der Waals surface area contributed by atoms with Gasteiger partial charge in [0.05, 0.1) is 13.7 Å². The zero-order valence-electron chi connectivity index (χ0n) is 15.9. The number of nitrogens with one attached hydrogen (secondary N) is 1. The van der Waals surface area contributed by atoms with Crippen LogP contribution in [0.4, 0.5) is 0 Å². The SMILES string of the molecule is CC[C@@H](Oc1ccc(C)c(C)c1)C(=O)NCCOc1ccc(OC)cc1. The zero-order valence-corrected chi connectivity index (χ0v) is 15.9. The Morgan fingerprint density at radius 1 is 1.00 bits per heavy atom. The molecule has 0 fully saturated rings. The van der Waals surface area contributed by atoms with Gasteiger partial charge >= 0.3 is 0 Å². The van der Waals surface area contributed by atoms with Gasteiger partial charge in [0.2, 0.25) is 0 Å². The van der Waals surface area contributed by atoms with E-state index in [0.717, 1.165) is 17.1 Å². The maximum atomic E-state index is 12.3. The van der Waals surface area contributed by atoms with Gasteiger partial charge in [-0.2, -0.15) is 0 Å². The number of benzene rings is 2. The molecule has 26 heavy (non-hydrogen) atoms. The minimum atomic E-state index is -0.516. The van der Waals surface area contributed by atoms with E-state index in [-0.39, 0.29) is 5.91 Å². The Morgan fingerprint density at radius 2 is 1.65 bits per heavy atom. The quantitative estimate of drug-likeness (QED) is 0.696. The second kappa shape index (κ2) is 9.70. The highest BCUT2D eigenvalue weighted by Crippen LogP contribution is 2.19. The van der Waals surface area contributed by atoms with Crippen molar-refractivity contribution in [3.8, 4) is 17.2 Å². The number of amides is 1. The van der Waals surface area contributed by atoms with E-state index in [1.807, 2.05) is 63.2 Å². The first-order valence-electron chi connectivity index (χ1n) is 8.82. The molecule has 0 aromatic heterocycles. The van der Waals surface area contributed by atoms with Crippen molar-refractivity contribution in [3.63, 3.8) is 0 Å². The van der Waals surface area contributed by atoms with Gasteiger partial charge in [0, 0.05) is 0 Å². The summed E-state index contributed by atoms with van der Waals surface area (Å²) in [5.74, 6) is 2.09.